The summed E-state index contributed by atoms with van der Waals surface area (Å²) >= 11 is 0. The van der Waals surface area contributed by atoms with E-state index in [1.165, 1.54) is 44.5 Å². The average Bonchev–Trinajstić information content (AvgIpc) is 2.86. The fourth-order valence-corrected chi connectivity index (χ4v) is 6.96. The molecule has 1 aromatic carbocycles. The fourth-order valence-electron chi connectivity index (χ4n) is 3.62. The Morgan fingerprint density at radius 2 is 1.43 bits per heavy atom. The summed E-state index contributed by atoms with van der Waals surface area (Å²) in [5.74, 6) is -0.143. The molecule has 0 N–H and O–H groups in total. The topological polar surface area (TPSA) is 110 Å². The van der Waals surface area contributed by atoms with Crippen molar-refractivity contribution < 1.29 is 21.6 Å². The van der Waals surface area contributed by atoms with Crippen molar-refractivity contribution in [2.24, 2.45) is 7.05 Å². The van der Waals surface area contributed by atoms with Gasteiger partial charge in [-0.2, -0.15) is 13.7 Å². The molecule has 0 radical (unpaired) electrons. The van der Waals surface area contributed by atoms with Gasteiger partial charge in [0, 0.05) is 38.8 Å². The number of aryl methyl sites for hydroxylation is 2. The lowest BCUT2D eigenvalue weighted by molar-refractivity contribution is 0.101. The van der Waals surface area contributed by atoms with Crippen LogP contribution in [0.15, 0.2) is 34.1 Å². The van der Waals surface area contributed by atoms with Crippen molar-refractivity contribution in [3.8, 4) is 0 Å². The Balaban J connectivity index is 1.83. The quantitative estimate of drug-likeness (QED) is 0.631. The molecular formula is C19H26N4O5S2. The summed E-state index contributed by atoms with van der Waals surface area (Å²) in [6.45, 7) is 5.32. The molecule has 0 saturated carbocycles. The third kappa shape index (κ3) is 4.07. The average molecular weight is 455 g/mol. The molecule has 164 valence electrons. The smallest absolute Gasteiger partial charge is 0.246 e. The first-order chi connectivity index (χ1) is 14.0. The van der Waals surface area contributed by atoms with Crippen molar-refractivity contribution in [3.63, 3.8) is 0 Å². The van der Waals surface area contributed by atoms with E-state index in [1.54, 1.807) is 20.9 Å². The highest BCUT2D eigenvalue weighted by molar-refractivity contribution is 7.89. The van der Waals surface area contributed by atoms with Gasteiger partial charge < -0.3 is 0 Å². The van der Waals surface area contributed by atoms with Crippen LogP contribution >= 0.6 is 0 Å². The number of sulfonamides is 2. The van der Waals surface area contributed by atoms with Crippen LogP contribution in [0.25, 0.3) is 0 Å². The van der Waals surface area contributed by atoms with Crippen LogP contribution in [0.2, 0.25) is 0 Å². The van der Waals surface area contributed by atoms with Gasteiger partial charge in [0.05, 0.1) is 16.3 Å². The normalized spacial score (nSPS) is 17.1. The molecule has 0 spiro atoms. The van der Waals surface area contributed by atoms with Crippen molar-refractivity contribution >= 4 is 25.8 Å². The molecule has 0 atom stereocenters. The molecule has 0 amide bonds. The second-order valence-corrected chi connectivity index (χ2v) is 11.2. The molecule has 1 aliphatic rings. The molecule has 1 aliphatic heterocycles. The van der Waals surface area contributed by atoms with Crippen molar-refractivity contribution in [1.82, 2.24) is 18.4 Å². The summed E-state index contributed by atoms with van der Waals surface area (Å²) in [5, 5.41) is 4.19. The lowest BCUT2D eigenvalue weighted by Crippen LogP contribution is -2.37. The van der Waals surface area contributed by atoms with Gasteiger partial charge in [-0.3, -0.25) is 9.48 Å². The maximum absolute atomic E-state index is 13.2. The van der Waals surface area contributed by atoms with Gasteiger partial charge in [0.15, 0.2) is 5.78 Å². The number of hydrogen-bond acceptors (Lipinski definition) is 6. The summed E-state index contributed by atoms with van der Waals surface area (Å²) in [6, 6.07) is 5.79. The van der Waals surface area contributed by atoms with Crippen LogP contribution in [0.3, 0.4) is 0 Å². The van der Waals surface area contributed by atoms with Crippen molar-refractivity contribution in [3.05, 3.63) is 41.2 Å². The third-order valence-electron chi connectivity index (χ3n) is 5.35. The summed E-state index contributed by atoms with van der Waals surface area (Å²) in [4.78, 5) is 11.7. The minimum Gasteiger partial charge on any atom is -0.295 e. The van der Waals surface area contributed by atoms with Crippen LogP contribution in [0.5, 0.6) is 0 Å². The first-order valence-corrected chi connectivity index (χ1v) is 12.5. The van der Waals surface area contributed by atoms with E-state index in [4.69, 9.17) is 0 Å². The number of nitrogens with zero attached hydrogens (tertiary/aromatic N) is 4. The lowest BCUT2D eigenvalue weighted by atomic mass is 10.2. The van der Waals surface area contributed by atoms with Crippen molar-refractivity contribution in [2.45, 2.75) is 37.0 Å². The number of Topliss-reactive ketones (excluding diaryl/α,β-unsaturated/α-hetero) is 1. The molecule has 2 aromatic rings. The fraction of sp³-hybridized carbons (Fsp3) is 0.474. The largest absolute Gasteiger partial charge is 0.295 e. The molecule has 1 aromatic heterocycles. The Bertz CT molecular complexity index is 1170. The Kier molecular flexibility index (Phi) is 6.19. The maximum atomic E-state index is 13.2. The Hall–Kier alpha value is -2.08. The SMILES string of the molecule is CC(=O)c1ccc(S(=O)(=O)N2CCCN(S(=O)(=O)c3c(C)nn(C)c3C)CC2)cc1. The predicted octanol–water partition coefficient (Wildman–Crippen LogP) is 1.32. The summed E-state index contributed by atoms with van der Waals surface area (Å²) in [5.41, 5.74) is 1.41. The van der Waals surface area contributed by atoms with E-state index in [9.17, 15) is 21.6 Å². The van der Waals surface area contributed by atoms with Gasteiger partial charge >= 0.3 is 0 Å². The highest BCUT2D eigenvalue weighted by Crippen LogP contribution is 2.25. The number of hydrogen-bond donors (Lipinski definition) is 0. The van der Waals surface area contributed by atoms with E-state index in [0.29, 0.717) is 23.4 Å². The molecular weight excluding hydrogens is 428 g/mol. The minimum atomic E-state index is -3.79. The molecule has 11 heteroatoms. The van der Waals surface area contributed by atoms with Gasteiger partial charge in [-0.25, -0.2) is 16.8 Å². The number of aromatic nitrogens is 2. The molecule has 30 heavy (non-hydrogen) atoms. The van der Waals surface area contributed by atoms with Gasteiger partial charge in [0.25, 0.3) is 0 Å². The zero-order valence-corrected chi connectivity index (χ0v) is 19.1. The van der Waals surface area contributed by atoms with Crippen LogP contribution in [0, 0.1) is 13.8 Å². The second kappa shape index (κ2) is 8.22. The van der Waals surface area contributed by atoms with Crippen LogP contribution in [0.4, 0.5) is 0 Å². The lowest BCUT2D eigenvalue weighted by Gasteiger charge is -2.22. The molecule has 0 aliphatic carbocycles. The van der Waals surface area contributed by atoms with Crippen LogP contribution < -0.4 is 0 Å². The second-order valence-electron chi connectivity index (χ2n) is 7.37. The van der Waals surface area contributed by atoms with Gasteiger partial charge in [0.1, 0.15) is 4.90 Å². The first-order valence-electron chi connectivity index (χ1n) is 9.57. The Morgan fingerprint density at radius 1 is 0.900 bits per heavy atom. The van der Waals surface area contributed by atoms with E-state index in [-0.39, 0.29) is 41.8 Å². The Labute approximate surface area is 177 Å². The van der Waals surface area contributed by atoms with Gasteiger partial charge in [0.2, 0.25) is 20.0 Å². The maximum Gasteiger partial charge on any atom is 0.246 e. The van der Waals surface area contributed by atoms with Gasteiger partial charge in [-0.15, -0.1) is 0 Å². The van der Waals surface area contributed by atoms with E-state index < -0.39 is 20.0 Å². The molecule has 0 unspecified atom stereocenters. The predicted molar refractivity (Wildman–Crippen MR) is 111 cm³/mol. The molecule has 9 nitrogen and oxygen atoms in total. The van der Waals surface area contributed by atoms with Crippen molar-refractivity contribution in [1.29, 1.82) is 0 Å². The van der Waals surface area contributed by atoms with Crippen molar-refractivity contribution in [2.75, 3.05) is 26.2 Å². The summed E-state index contributed by atoms with van der Waals surface area (Å²) in [7, 11) is -5.88. The standard InChI is InChI=1S/C19H26N4O5S2/c1-14-19(15(2)21(4)20-14)30(27,28)23-11-5-10-22(12-13-23)29(25,26)18-8-6-17(7-9-18)16(3)24/h6-9H,5,10-13H2,1-4H3. The van der Waals surface area contributed by atoms with E-state index in [2.05, 4.69) is 5.10 Å². The van der Waals surface area contributed by atoms with E-state index in [0.717, 1.165) is 0 Å². The van der Waals surface area contributed by atoms with Crippen LogP contribution in [-0.4, -0.2) is 67.2 Å². The summed E-state index contributed by atoms with van der Waals surface area (Å²) < 4.78 is 56.6. The first kappa shape index (κ1) is 22.6. The third-order valence-corrected chi connectivity index (χ3v) is 9.42. The van der Waals surface area contributed by atoms with Gasteiger partial charge in [-0.1, -0.05) is 12.1 Å². The zero-order valence-electron chi connectivity index (χ0n) is 17.5. The number of rotatable bonds is 5. The number of benzene rings is 1. The molecule has 1 fully saturated rings. The van der Waals surface area contributed by atoms with Crippen LogP contribution in [0.1, 0.15) is 35.1 Å². The molecule has 3 rings (SSSR count). The van der Waals surface area contributed by atoms with E-state index >= 15 is 0 Å². The molecule has 1 saturated heterocycles. The number of carbonyl (C=O) groups excluding carboxylic acids is 1. The molecule has 0 bridgehead atoms. The number of carbonyl (C=O) groups is 1. The highest BCUT2D eigenvalue weighted by atomic mass is 32.2. The zero-order chi connectivity index (χ0) is 22.3. The monoisotopic (exact) mass is 454 g/mol. The minimum absolute atomic E-state index is 0.0500. The highest BCUT2D eigenvalue weighted by Gasteiger charge is 2.34. The van der Waals surface area contributed by atoms with Gasteiger partial charge in [-0.05, 0) is 39.3 Å². The summed E-state index contributed by atoms with van der Waals surface area (Å²) in [6.07, 6.45) is 0.377. The number of ketones is 1. The Morgan fingerprint density at radius 3 is 1.90 bits per heavy atom. The van der Waals surface area contributed by atoms with Crippen LogP contribution in [-0.2, 0) is 27.1 Å². The van der Waals surface area contributed by atoms with E-state index in [1.807, 2.05) is 0 Å². The molecule has 2 heterocycles.